The number of nitrogens with zero attached hydrogens (tertiary/aromatic N) is 3. The molecule has 1 N–H and O–H groups in total. The van der Waals surface area contributed by atoms with Crippen LogP contribution in [-0.2, 0) is 6.42 Å². The highest BCUT2D eigenvalue weighted by Gasteiger charge is 2.17. The van der Waals surface area contributed by atoms with Crippen molar-refractivity contribution in [2.24, 2.45) is 0 Å². The lowest BCUT2D eigenvalue weighted by atomic mass is 10.1. The van der Waals surface area contributed by atoms with Crippen LogP contribution in [0, 0.1) is 6.92 Å². The Morgan fingerprint density at radius 2 is 1.84 bits per heavy atom. The van der Waals surface area contributed by atoms with E-state index in [9.17, 15) is 4.79 Å². The van der Waals surface area contributed by atoms with E-state index in [-0.39, 0.29) is 5.91 Å². The van der Waals surface area contributed by atoms with E-state index in [2.05, 4.69) is 21.5 Å². The number of amides is 1. The van der Waals surface area contributed by atoms with Crippen molar-refractivity contribution in [3.8, 4) is 28.6 Å². The highest BCUT2D eigenvalue weighted by atomic mass is 32.1. The summed E-state index contributed by atoms with van der Waals surface area (Å²) < 4.78 is 17.8. The van der Waals surface area contributed by atoms with Crippen LogP contribution in [0.1, 0.15) is 21.6 Å². The predicted octanol–water partition coefficient (Wildman–Crippen LogP) is 3.76. The highest BCUT2D eigenvalue weighted by molar-refractivity contribution is 7.15. The maximum atomic E-state index is 12.7. The number of ether oxygens (including phenoxy) is 3. The van der Waals surface area contributed by atoms with E-state index in [1.165, 1.54) is 32.7 Å². The summed E-state index contributed by atoms with van der Waals surface area (Å²) in [5, 5.41) is 9.62. The van der Waals surface area contributed by atoms with Gasteiger partial charge in [0.2, 0.25) is 10.7 Å². The molecular weight excluding hydrogens is 428 g/mol. The molecule has 2 aromatic heterocycles. The van der Waals surface area contributed by atoms with Gasteiger partial charge in [-0.3, -0.25) is 4.79 Å². The summed E-state index contributed by atoms with van der Waals surface area (Å²) in [4.78, 5) is 18.2. The van der Waals surface area contributed by atoms with Gasteiger partial charge in [0.15, 0.2) is 17.3 Å². The Morgan fingerprint density at radius 3 is 2.50 bits per heavy atom. The largest absolute Gasteiger partial charge is 0.493 e. The van der Waals surface area contributed by atoms with Crippen LogP contribution in [-0.4, -0.2) is 48.4 Å². The lowest BCUT2D eigenvalue weighted by molar-refractivity contribution is 0.0953. The quantitative estimate of drug-likeness (QED) is 0.438. The fourth-order valence-electron chi connectivity index (χ4n) is 3.42. The topological polar surface area (TPSA) is 87.0 Å². The monoisotopic (exact) mass is 452 g/mol. The van der Waals surface area contributed by atoms with E-state index in [1.54, 1.807) is 12.1 Å². The van der Waals surface area contributed by atoms with Gasteiger partial charge in [-0.25, -0.2) is 4.52 Å². The summed E-state index contributed by atoms with van der Waals surface area (Å²) in [5.74, 6) is 1.78. The molecule has 0 saturated heterocycles. The van der Waals surface area contributed by atoms with Crippen LogP contribution in [0.4, 0.5) is 0 Å². The fourth-order valence-corrected chi connectivity index (χ4v) is 4.28. The van der Waals surface area contributed by atoms with E-state index in [0.29, 0.717) is 41.6 Å². The molecule has 0 spiro atoms. The van der Waals surface area contributed by atoms with Gasteiger partial charge in [0, 0.05) is 29.5 Å². The number of aryl methyl sites for hydroxylation is 1. The Labute approximate surface area is 189 Å². The van der Waals surface area contributed by atoms with Crippen LogP contribution in [0.2, 0.25) is 0 Å². The Balaban J connectivity index is 1.46. The smallest absolute Gasteiger partial charge is 0.251 e. The molecule has 2 aromatic carbocycles. The van der Waals surface area contributed by atoms with Gasteiger partial charge < -0.3 is 19.5 Å². The molecule has 0 bridgehead atoms. The molecule has 0 aliphatic rings. The standard InChI is InChI=1S/C23H24N4O4S/c1-14-6-5-7-15(10-14)21-25-23-27(26-21)17(13-32-23)8-9-24-22(28)16-11-18(29-2)20(31-4)19(12-16)30-3/h5-7,10-13H,8-9H2,1-4H3,(H,24,28). The zero-order chi connectivity index (χ0) is 22.7. The Bertz CT molecular complexity index is 1240. The van der Waals surface area contributed by atoms with Crippen molar-refractivity contribution in [1.82, 2.24) is 19.9 Å². The number of benzene rings is 2. The molecule has 0 fully saturated rings. The second-order valence-corrected chi connectivity index (χ2v) is 7.98. The summed E-state index contributed by atoms with van der Waals surface area (Å²) in [7, 11) is 4.56. The molecule has 2 heterocycles. The van der Waals surface area contributed by atoms with Gasteiger partial charge in [-0.15, -0.1) is 16.4 Å². The molecule has 1 amide bonds. The summed E-state index contributed by atoms with van der Waals surface area (Å²) in [6.45, 7) is 2.49. The molecule has 8 nitrogen and oxygen atoms in total. The number of methoxy groups -OCH3 is 3. The molecule has 0 saturated carbocycles. The van der Waals surface area contributed by atoms with Crippen LogP contribution in [0.25, 0.3) is 16.3 Å². The maximum Gasteiger partial charge on any atom is 0.251 e. The summed E-state index contributed by atoms with van der Waals surface area (Å²) >= 11 is 1.53. The van der Waals surface area contributed by atoms with E-state index < -0.39 is 0 Å². The number of thiazole rings is 1. The van der Waals surface area contributed by atoms with Crippen molar-refractivity contribution < 1.29 is 19.0 Å². The van der Waals surface area contributed by atoms with E-state index in [1.807, 2.05) is 35.0 Å². The van der Waals surface area contributed by atoms with Gasteiger partial charge in [0.05, 0.1) is 27.0 Å². The van der Waals surface area contributed by atoms with Crippen molar-refractivity contribution >= 4 is 22.2 Å². The van der Waals surface area contributed by atoms with Crippen molar-refractivity contribution in [2.75, 3.05) is 27.9 Å². The average molecular weight is 453 g/mol. The molecule has 32 heavy (non-hydrogen) atoms. The average Bonchev–Trinajstić information content (AvgIpc) is 3.39. The minimum Gasteiger partial charge on any atom is -0.493 e. The molecule has 9 heteroatoms. The minimum absolute atomic E-state index is 0.227. The fraction of sp³-hybridized carbons (Fsp3) is 0.261. The van der Waals surface area contributed by atoms with Crippen molar-refractivity contribution in [1.29, 1.82) is 0 Å². The van der Waals surface area contributed by atoms with Gasteiger partial charge in [0.25, 0.3) is 5.91 Å². The zero-order valence-corrected chi connectivity index (χ0v) is 19.2. The number of aromatic nitrogens is 3. The second kappa shape index (κ2) is 9.27. The van der Waals surface area contributed by atoms with Gasteiger partial charge in [0.1, 0.15) is 0 Å². The first-order chi connectivity index (χ1) is 15.5. The molecular formula is C23H24N4O4S. The van der Waals surface area contributed by atoms with Crippen LogP contribution >= 0.6 is 11.3 Å². The molecule has 0 unspecified atom stereocenters. The Hall–Kier alpha value is -3.59. The number of hydrogen-bond acceptors (Lipinski definition) is 7. The molecule has 166 valence electrons. The van der Waals surface area contributed by atoms with Crippen LogP contribution in [0.15, 0.2) is 41.8 Å². The highest BCUT2D eigenvalue weighted by Crippen LogP contribution is 2.38. The van der Waals surface area contributed by atoms with Gasteiger partial charge in [-0.2, -0.15) is 4.98 Å². The first-order valence-corrected chi connectivity index (χ1v) is 10.9. The SMILES string of the molecule is COc1cc(C(=O)NCCc2csc3nc(-c4cccc(C)c4)nn23)cc(OC)c1OC. The number of nitrogens with one attached hydrogen (secondary N) is 1. The minimum atomic E-state index is -0.227. The number of hydrogen-bond donors (Lipinski definition) is 1. The molecule has 4 rings (SSSR count). The number of carbonyl (C=O) groups excluding carboxylic acids is 1. The summed E-state index contributed by atoms with van der Waals surface area (Å²) in [6, 6.07) is 11.4. The third kappa shape index (κ3) is 4.24. The normalized spacial score (nSPS) is 10.9. The predicted molar refractivity (Wildman–Crippen MR) is 123 cm³/mol. The second-order valence-electron chi connectivity index (χ2n) is 7.15. The molecule has 0 atom stereocenters. The molecule has 0 aliphatic heterocycles. The van der Waals surface area contributed by atoms with Crippen LogP contribution < -0.4 is 19.5 Å². The van der Waals surface area contributed by atoms with Crippen LogP contribution in [0.3, 0.4) is 0 Å². The molecule has 0 aliphatic carbocycles. The van der Waals surface area contributed by atoms with Gasteiger partial charge in [-0.05, 0) is 25.1 Å². The zero-order valence-electron chi connectivity index (χ0n) is 18.3. The third-order valence-electron chi connectivity index (χ3n) is 5.02. The summed E-state index contributed by atoms with van der Waals surface area (Å²) in [6.07, 6.45) is 0.618. The first-order valence-electron chi connectivity index (χ1n) is 10.0. The third-order valence-corrected chi connectivity index (χ3v) is 5.88. The van der Waals surface area contributed by atoms with E-state index >= 15 is 0 Å². The van der Waals surface area contributed by atoms with Gasteiger partial charge >= 0.3 is 0 Å². The van der Waals surface area contributed by atoms with Crippen LogP contribution in [0.5, 0.6) is 17.2 Å². The Morgan fingerprint density at radius 1 is 1.09 bits per heavy atom. The first kappa shape index (κ1) is 21.6. The number of rotatable bonds is 8. The van der Waals surface area contributed by atoms with Gasteiger partial charge in [-0.1, -0.05) is 23.8 Å². The molecule has 0 radical (unpaired) electrons. The molecule has 4 aromatic rings. The van der Waals surface area contributed by atoms with E-state index in [0.717, 1.165) is 21.8 Å². The number of fused-ring (bicyclic) bond motifs is 1. The van der Waals surface area contributed by atoms with Crippen molar-refractivity contribution in [3.05, 3.63) is 58.6 Å². The lowest BCUT2D eigenvalue weighted by Gasteiger charge is -2.14. The Kier molecular flexibility index (Phi) is 6.27. The lowest BCUT2D eigenvalue weighted by Crippen LogP contribution is -2.26. The van der Waals surface area contributed by atoms with Crippen molar-refractivity contribution in [3.63, 3.8) is 0 Å². The summed E-state index contributed by atoms with van der Waals surface area (Å²) in [5.41, 5.74) is 3.57. The number of carbonyl (C=O) groups is 1. The maximum absolute atomic E-state index is 12.7. The van der Waals surface area contributed by atoms with E-state index in [4.69, 9.17) is 14.2 Å². The van der Waals surface area contributed by atoms with Crippen molar-refractivity contribution in [2.45, 2.75) is 13.3 Å².